The minimum atomic E-state index is 0.0600. The summed E-state index contributed by atoms with van der Waals surface area (Å²) in [7, 11) is 0. The van der Waals surface area contributed by atoms with Gasteiger partial charge in [0, 0.05) is 11.1 Å². The first-order chi connectivity index (χ1) is 7.93. The molecule has 1 heterocycles. The summed E-state index contributed by atoms with van der Waals surface area (Å²) in [6, 6.07) is 0. The quantitative estimate of drug-likeness (QED) is 0.824. The van der Waals surface area contributed by atoms with Crippen LogP contribution in [0.5, 0.6) is 0 Å². The van der Waals surface area contributed by atoms with Crippen molar-refractivity contribution < 1.29 is 0 Å². The van der Waals surface area contributed by atoms with Crippen LogP contribution < -0.4 is 11.1 Å². The van der Waals surface area contributed by atoms with Crippen molar-refractivity contribution in [3.8, 4) is 0 Å². The average Bonchev–Trinajstić information content (AvgIpc) is 2.28. The number of hydrogen-bond acceptors (Lipinski definition) is 4. The Labute approximate surface area is 104 Å². The van der Waals surface area contributed by atoms with E-state index in [-0.39, 0.29) is 5.54 Å². The summed E-state index contributed by atoms with van der Waals surface area (Å²) < 4.78 is 0. The van der Waals surface area contributed by atoms with Crippen molar-refractivity contribution in [3.05, 3.63) is 11.9 Å². The van der Waals surface area contributed by atoms with E-state index in [9.17, 15) is 0 Å². The van der Waals surface area contributed by atoms with Gasteiger partial charge in [-0.05, 0) is 25.7 Å². The Hall–Kier alpha value is -1.32. The Morgan fingerprint density at radius 2 is 1.88 bits per heavy atom. The van der Waals surface area contributed by atoms with Crippen LogP contribution in [0.3, 0.4) is 0 Å². The predicted molar refractivity (Wildman–Crippen MR) is 73.1 cm³/mol. The molecular weight excluding hydrogens is 212 g/mol. The maximum atomic E-state index is 5.93. The third-order valence-electron chi connectivity index (χ3n) is 3.47. The van der Waals surface area contributed by atoms with Crippen LogP contribution in [0, 0.1) is 0 Å². The molecule has 0 atom stereocenters. The number of aromatic nitrogens is 2. The van der Waals surface area contributed by atoms with E-state index in [0.717, 1.165) is 24.2 Å². The first-order valence-electron chi connectivity index (χ1n) is 6.32. The number of nitrogens with two attached hydrogens (primary N) is 1. The molecule has 3 N–H and O–H groups in total. The van der Waals surface area contributed by atoms with Crippen LogP contribution in [0.4, 0.5) is 11.6 Å². The molecule has 1 rings (SSSR count). The van der Waals surface area contributed by atoms with Crippen LogP contribution >= 0.6 is 0 Å². The monoisotopic (exact) mass is 236 g/mol. The van der Waals surface area contributed by atoms with E-state index in [0.29, 0.717) is 11.7 Å². The topological polar surface area (TPSA) is 63.8 Å². The summed E-state index contributed by atoms with van der Waals surface area (Å²) in [6.45, 7) is 10.8. The van der Waals surface area contributed by atoms with E-state index in [1.165, 1.54) is 6.33 Å². The third kappa shape index (κ3) is 3.08. The van der Waals surface area contributed by atoms with E-state index >= 15 is 0 Å². The van der Waals surface area contributed by atoms with Gasteiger partial charge in [-0.2, -0.15) is 0 Å². The van der Waals surface area contributed by atoms with E-state index in [4.69, 9.17) is 5.73 Å². The SMILES string of the molecule is CCC(C)(CC)Nc1ncnc(N)c1C(C)C. The molecule has 4 heteroatoms. The lowest BCUT2D eigenvalue weighted by atomic mass is 9.94. The minimum Gasteiger partial charge on any atom is -0.383 e. The van der Waals surface area contributed by atoms with Crippen LogP contribution in [0.1, 0.15) is 58.9 Å². The fourth-order valence-corrected chi connectivity index (χ4v) is 1.79. The van der Waals surface area contributed by atoms with Gasteiger partial charge in [-0.15, -0.1) is 0 Å². The van der Waals surface area contributed by atoms with Gasteiger partial charge in [-0.25, -0.2) is 9.97 Å². The summed E-state index contributed by atoms with van der Waals surface area (Å²) in [5, 5.41) is 3.51. The van der Waals surface area contributed by atoms with E-state index in [2.05, 4.69) is 49.9 Å². The van der Waals surface area contributed by atoms with Crippen LogP contribution in [0.2, 0.25) is 0 Å². The normalized spacial score (nSPS) is 11.9. The standard InChI is InChI=1S/C13H24N4/c1-6-13(5,7-2)17-12-10(9(3)4)11(14)15-8-16-12/h8-9H,6-7H2,1-5H3,(H3,14,15,16,17). The molecule has 0 saturated heterocycles. The van der Waals surface area contributed by atoms with E-state index in [1.807, 2.05) is 0 Å². The lowest BCUT2D eigenvalue weighted by Crippen LogP contribution is -2.34. The Kier molecular flexibility index (Phi) is 4.32. The molecule has 4 nitrogen and oxygen atoms in total. The smallest absolute Gasteiger partial charge is 0.135 e. The predicted octanol–water partition coefficient (Wildman–Crippen LogP) is 3.17. The number of hydrogen-bond donors (Lipinski definition) is 2. The molecule has 0 aliphatic heterocycles. The lowest BCUT2D eigenvalue weighted by Gasteiger charge is -2.30. The largest absolute Gasteiger partial charge is 0.383 e. The molecule has 0 amide bonds. The zero-order valence-corrected chi connectivity index (χ0v) is 11.5. The molecule has 1 aromatic heterocycles. The van der Waals surface area contributed by atoms with Gasteiger partial charge < -0.3 is 11.1 Å². The van der Waals surface area contributed by atoms with E-state index in [1.54, 1.807) is 0 Å². The van der Waals surface area contributed by atoms with Crippen molar-refractivity contribution in [3.63, 3.8) is 0 Å². The first kappa shape index (κ1) is 13.7. The van der Waals surface area contributed by atoms with Crippen LogP contribution in [0.25, 0.3) is 0 Å². The molecule has 0 bridgehead atoms. The summed E-state index contributed by atoms with van der Waals surface area (Å²) in [5.74, 6) is 1.77. The molecule has 1 aromatic rings. The molecular formula is C13H24N4. The molecule has 0 spiro atoms. The number of rotatable bonds is 5. The van der Waals surface area contributed by atoms with Crippen molar-refractivity contribution in [2.24, 2.45) is 0 Å². The average molecular weight is 236 g/mol. The van der Waals surface area contributed by atoms with Gasteiger partial charge in [-0.3, -0.25) is 0 Å². The number of anilines is 2. The first-order valence-corrected chi connectivity index (χ1v) is 6.32. The second-order valence-electron chi connectivity index (χ2n) is 5.07. The van der Waals surface area contributed by atoms with Crippen LogP contribution in [-0.4, -0.2) is 15.5 Å². The highest BCUT2D eigenvalue weighted by molar-refractivity contribution is 5.57. The molecule has 0 radical (unpaired) electrons. The second kappa shape index (κ2) is 5.34. The van der Waals surface area contributed by atoms with Gasteiger partial charge in [0.15, 0.2) is 0 Å². The maximum absolute atomic E-state index is 5.93. The number of nitrogens with zero attached hydrogens (tertiary/aromatic N) is 2. The van der Waals surface area contributed by atoms with Crippen molar-refractivity contribution in [1.82, 2.24) is 9.97 Å². The summed E-state index contributed by atoms with van der Waals surface area (Å²) >= 11 is 0. The third-order valence-corrected chi connectivity index (χ3v) is 3.47. The van der Waals surface area contributed by atoms with Gasteiger partial charge in [-0.1, -0.05) is 27.7 Å². The molecule has 0 aromatic carbocycles. The maximum Gasteiger partial charge on any atom is 0.135 e. The van der Waals surface area contributed by atoms with Gasteiger partial charge in [0.25, 0.3) is 0 Å². The van der Waals surface area contributed by atoms with Gasteiger partial charge in [0.05, 0.1) is 0 Å². The van der Waals surface area contributed by atoms with Crippen LogP contribution in [0.15, 0.2) is 6.33 Å². The Bertz CT molecular complexity index is 370. The Morgan fingerprint density at radius 3 is 2.35 bits per heavy atom. The van der Waals surface area contributed by atoms with Crippen molar-refractivity contribution in [2.45, 2.75) is 58.9 Å². The van der Waals surface area contributed by atoms with Crippen molar-refractivity contribution >= 4 is 11.6 Å². The zero-order chi connectivity index (χ0) is 13.1. The van der Waals surface area contributed by atoms with Gasteiger partial charge >= 0.3 is 0 Å². The molecule has 0 unspecified atom stereocenters. The van der Waals surface area contributed by atoms with Gasteiger partial charge in [0.1, 0.15) is 18.0 Å². The van der Waals surface area contributed by atoms with Gasteiger partial charge in [0.2, 0.25) is 0 Å². The summed E-state index contributed by atoms with van der Waals surface area (Å²) in [4.78, 5) is 8.41. The van der Waals surface area contributed by atoms with Crippen LogP contribution in [-0.2, 0) is 0 Å². The lowest BCUT2D eigenvalue weighted by molar-refractivity contribution is 0.475. The second-order valence-corrected chi connectivity index (χ2v) is 5.07. The highest BCUT2D eigenvalue weighted by Crippen LogP contribution is 2.29. The molecule has 17 heavy (non-hydrogen) atoms. The molecule has 0 fully saturated rings. The highest BCUT2D eigenvalue weighted by atomic mass is 15.1. The number of nitrogen functional groups attached to an aromatic ring is 1. The molecule has 0 saturated carbocycles. The minimum absolute atomic E-state index is 0.0600. The highest BCUT2D eigenvalue weighted by Gasteiger charge is 2.22. The molecule has 0 aliphatic carbocycles. The van der Waals surface area contributed by atoms with Crippen molar-refractivity contribution in [1.29, 1.82) is 0 Å². The summed E-state index contributed by atoms with van der Waals surface area (Å²) in [5.41, 5.74) is 7.01. The summed E-state index contributed by atoms with van der Waals surface area (Å²) in [6.07, 6.45) is 3.62. The zero-order valence-electron chi connectivity index (χ0n) is 11.5. The van der Waals surface area contributed by atoms with E-state index < -0.39 is 0 Å². The fraction of sp³-hybridized carbons (Fsp3) is 0.692. The Morgan fingerprint density at radius 1 is 1.29 bits per heavy atom. The fourth-order valence-electron chi connectivity index (χ4n) is 1.79. The van der Waals surface area contributed by atoms with Crippen molar-refractivity contribution in [2.75, 3.05) is 11.1 Å². The molecule has 0 aliphatic rings. The Balaban J connectivity index is 3.10. The molecule has 96 valence electrons. The number of nitrogens with one attached hydrogen (secondary N) is 1.